The Morgan fingerprint density at radius 3 is 2.16 bits per heavy atom. The number of anilines is 1. The lowest BCUT2D eigenvalue weighted by atomic mass is 10.1. The monoisotopic (exact) mass is 635 g/mol. The molecule has 3 aromatic rings. The Hall–Kier alpha value is -4.05. The summed E-state index contributed by atoms with van der Waals surface area (Å²) < 4.78 is 40.6. The Balaban J connectivity index is 1.78. The fourth-order valence-corrected chi connectivity index (χ4v) is 7.40. The van der Waals surface area contributed by atoms with Crippen molar-refractivity contribution in [2.45, 2.75) is 83.3 Å². The van der Waals surface area contributed by atoms with Crippen molar-refractivity contribution < 1.29 is 27.5 Å². The summed E-state index contributed by atoms with van der Waals surface area (Å²) >= 11 is 0. The van der Waals surface area contributed by atoms with Crippen LogP contribution in [0.2, 0.25) is 0 Å². The number of nitrogens with one attached hydrogen (secondary N) is 1. The molecule has 0 aliphatic heterocycles. The molecular formula is C35H45N3O6S. The summed E-state index contributed by atoms with van der Waals surface area (Å²) in [6.45, 7) is 7.26. The van der Waals surface area contributed by atoms with Gasteiger partial charge in [0.25, 0.3) is 10.0 Å². The molecule has 1 aliphatic carbocycles. The van der Waals surface area contributed by atoms with E-state index in [1.54, 1.807) is 12.1 Å². The fraction of sp³-hybridized carbons (Fsp3) is 0.429. The molecular weight excluding hydrogens is 590 g/mol. The summed E-state index contributed by atoms with van der Waals surface area (Å²) in [5.41, 5.74) is 3.92. The Bertz CT molecular complexity index is 1600. The van der Waals surface area contributed by atoms with E-state index < -0.39 is 28.5 Å². The maximum absolute atomic E-state index is 14.5. The zero-order chi connectivity index (χ0) is 32.7. The van der Waals surface area contributed by atoms with Crippen LogP contribution in [-0.4, -0.2) is 58.0 Å². The van der Waals surface area contributed by atoms with Gasteiger partial charge in [0.05, 0.1) is 24.8 Å². The van der Waals surface area contributed by atoms with Crippen LogP contribution in [0.25, 0.3) is 0 Å². The lowest BCUT2D eigenvalue weighted by Gasteiger charge is -2.34. The third-order valence-corrected chi connectivity index (χ3v) is 10.2. The molecule has 0 spiro atoms. The first-order valence-corrected chi connectivity index (χ1v) is 16.9. The van der Waals surface area contributed by atoms with Gasteiger partial charge in [0.2, 0.25) is 11.8 Å². The predicted octanol–water partition coefficient (Wildman–Crippen LogP) is 5.69. The molecule has 10 heteroatoms. The van der Waals surface area contributed by atoms with Gasteiger partial charge in [0.15, 0.2) is 11.5 Å². The molecule has 3 aromatic carbocycles. The Kier molecular flexibility index (Phi) is 11.1. The smallest absolute Gasteiger partial charge is 0.264 e. The van der Waals surface area contributed by atoms with E-state index in [2.05, 4.69) is 5.32 Å². The van der Waals surface area contributed by atoms with Gasteiger partial charge >= 0.3 is 0 Å². The number of rotatable bonds is 13. The number of methoxy groups -OCH3 is 2. The normalized spacial score (nSPS) is 14.1. The van der Waals surface area contributed by atoms with Gasteiger partial charge < -0.3 is 19.7 Å². The zero-order valence-electron chi connectivity index (χ0n) is 27.1. The number of amides is 2. The summed E-state index contributed by atoms with van der Waals surface area (Å²) in [7, 11) is -1.37. The highest BCUT2D eigenvalue weighted by atomic mass is 32.2. The van der Waals surface area contributed by atoms with Crippen LogP contribution in [0.15, 0.2) is 65.6 Å². The Labute approximate surface area is 267 Å². The summed E-state index contributed by atoms with van der Waals surface area (Å²) in [5.74, 6) is -0.0584. The maximum atomic E-state index is 14.5. The SMILES string of the molecule is CC[C@@H](C(=O)NC1CCCC1)N(Cc1ccccc1C)C(=O)CN(c1cc(C)cc(C)c1)S(=O)(=O)c1ccc(OC)c(OC)c1. The van der Waals surface area contributed by atoms with E-state index >= 15 is 0 Å². The second-order valence-electron chi connectivity index (χ2n) is 11.7. The first-order valence-electron chi connectivity index (χ1n) is 15.5. The number of sulfonamides is 1. The van der Waals surface area contributed by atoms with Crippen LogP contribution in [-0.2, 0) is 26.2 Å². The minimum Gasteiger partial charge on any atom is -0.493 e. The van der Waals surface area contributed by atoms with Crippen molar-refractivity contribution in [2.24, 2.45) is 0 Å². The molecule has 45 heavy (non-hydrogen) atoms. The number of ether oxygens (including phenoxy) is 2. The molecule has 9 nitrogen and oxygen atoms in total. The van der Waals surface area contributed by atoms with E-state index in [9.17, 15) is 18.0 Å². The van der Waals surface area contributed by atoms with E-state index in [1.807, 2.05) is 58.0 Å². The molecule has 0 bridgehead atoms. The molecule has 0 aromatic heterocycles. The highest BCUT2D eigenvalue weighted by molar-refractivity contribution is 7.92. The molecule has 0 saturated heterocycles. The molecule has 1 fully saturated rings. The lowest BCUT2D eigenvalue weighted by Crippen LogP contribution is -2.53. The number of hydrogen-bond donors (Lipinski definition) is 1. The van der Waals surface area contributed by atoms with Crippen LogP contribution >= 0.6 is 0 Å². The second kappa shape index (κ2) is 14.8. The van der Waals surface area contributed by atoms with E-state index in [4.69, 9.17) is 9.47 Å². The minimum atomic E-state index is -4.28. The van der Waals surface area contributed by atoms with Gasteiger partial charge in [-0.15, -0.1) is 0 Å². The summed E-state index contributed by atoms with van der Waals surface area (Å²) in [4.78, 5) is 29.6. The van der Waals surface area contributed by atoms with Crippen LogP contribution in [0.5, 0.6) is 11.5 Å². The van der Waals surface area contributed by atoms with Crippen LogP contribution in [0.1, 0.15) is 61.3 Å². The van der Waals surface area contributed by atoms with Gasteiger partial charge in [-0.05, 0) is 86.6 Å². The Morgan fingerprint density at radius 1 is 0.911 bits per heavy atom. The van der Waals surface area contributed by atoms with Gasteiger partial charge in [-0.2, -0.15) is 0 Å². The lowest BCUT2D eigenvalue weighted by molar-refractivity contribution is -0.140. The number of aryl methyl sites for hydroxylation is 3. The van der Waals surface area contributed by atoms with Gasteiger partial charge in [0, 0.05) is 18.7 Å². The zero-order valence-corrected chi connectivity index (χ0v) is 27.9. The number of carbonyl (C=O) groups is 2. The topological polar surface area (TPSA) is 105 Å². The van der Waals surface area contributed by atoms with Crippen molar-refractivity contribution in [1.29, 1.82) is 0 Å². The maximum Gasteiger partial charge on any atom is 0.264 e. The van der Waals surface area contributed by atoms with E-state index in [-0.39, 0.29) is 29.1 Å². The highest BCUT2D eigenvalue weighted by Crippen LogP contribution is 2.33. The van der Waals surface area contributed by atoms with E-state index in [0.29, 0.717) is 17.9 Å². The third kappa shape index (κ3) is 7.97. The van der Waals surface area contributed by atoms with Crippen LogP contribution < -0.4 is 19.1 Å². The number of nitrogens with zero attached hydrogens (tertiary/aromatic N) is 2. The van der Waals surface area contributed by atoms with Crippen molar-refractivity contribution in [3.8, 4) is 11.5 Å². The standard InChI is InChI=1S/C35H45N3O6S/c1-7-31(35(40)36-28-14-10-11-15-28)37(22-27-13-9-8-12-26(27)4)34(39)23-38(29-19-24(2)18-25(3)20-29)45(41,42)30-16-17-32(43-5)33(21-30)44-6/h8-9,12-13,16-21,28,31H,7,10-11,14-15,22-23H2,1-6H3,(H,36,40)/t31-/m0/s1. The molecule has 0 radical (unpaired) electrons. The number of carbonyl (C=O) groups excluding carboxylic acids is 2. The van der Waals surface area contributed by atoms with Crippen LogP contribution in [0, 0.1) is 20.8 Å². The predicted molar refractivity (Wildman–Crippen MR) is 176 cm³/mol. The largest absolute Gasteiger partial charge is 0.493 e. The molecule has 4 rings (SSSR count). The first kappa shape index (κ1) is 33.8. The van der Waals surface area contributed by atoms with Gasteiger partial charge in [-0.25, -0.2) is 8.42 Å². The van der Waals surface area contributed by atoms with E-state index in [1.165, 1.54) is 37.3 Å². The summed E-state index contributed by atoms with van der Waals surface area (Å²) in [6.07, 6.45) is 4.33. The number of benzene rings is 3. The van der Waals surface area contributed by atoms with Gasteiger partial charge in [0.1, 0.15) is 12.6 Å². The van der Waals surface area contributed by atoms with Crippen molar-refractivity contribution in [1.82, 2.24) is 10.2 Å². The molecule has 242 valence electrons. The first-order chi connectivity index (χ1) is 21.5. The third-order valence-electron chi connectivity index (χ3n) is 8.41. The minimum absolute atomic E-state index is 0.0522. The summed E-state index contributed by atoms with van der Waals surface area (Å²) in [5, 5.41) is 3.15. The quantitative estimate of drug-likeness (QED) is 0.259. The van der Waals surface area contributed by atoms with Crippen molar-refractivity contribution in [3.63, 3.8) is 0 Å². The Morgan fingerprint density at radius 2 is 1.56 bits per heavy atom. The fourth-order valence-electron chi connectivity index (χ4n) is 5.99. The van der Waals surface area contributed by atoms with Crippen molar-refractivity contribution >= 4 is 27.5 Å². The second-order valence-corrected chi connectivity index (χ2v) is 13.6. The molecule has 1 saturated carbocycles. The molecule has 1 N–H and O–H groups in total. The highest BCUT2D eigenvalue weighted by Gasteiger charge is 2.35. The van der Waals surface area contributed by atoms with Gasteiger partial charge in [-0.3, -0.25) is 13.9 Å². The van der Waals surface area contributed by atoms with Gasteiger partial charge in [-0.1, -0.05) is 50.1 Å². The molecule has 0 unspecified atom stereocenters. The summed E-state index contributed by atoms with van der Waals surface area (Å²) in [6, 6.07) is 16.8. The molecule has 2 amide bonds. The van der Waals surface area contributed by atoms with Crippen LogP contribution in [0.4, 0.5) is 5.69 Å². The van der Waals surface area contributed by atoms with E-state index in [0.717, 1.165) is 52.2 Å². The average molecular weight is 636 g/mol. The number of hydrogen-bond acceptors (Lipinski definition) is 6. The van der Waals surface area contributed by atoms with Crippen molar-refractivity contribution in [2.75, 3.05) is 25.1 Å². The molecule has 1 atom stereocenters. The molecule has 1 aliphatic rings. The average Bonchev–Trinajstić information content (AvgIpc) is 3.52. The molecule has 0 heterocycles. The van der Waals surface area contributed by atoms with Crippen LogP contribution in [0.3, 0.4) is 0 Å². The van der Waals surface area contributed by atoms with Crippen molar-refractivity contribution in [3.05, 3.63) is 82.9 Å².